The second-order valence-electron chi connectivity index (χ2n) is 7.42. The van der Waals surface area contributed by atoms with E-state index in [-0.39, 0.29) is 30.7 Å². The molecule has 0 saturated carbocycles. The predicted octanol–water partition coefficient (Wildman–Crippen LogP) is 2.45. The van der Waals surface area contributed by atoms with E-state index in [1.807, 2.05) is 17.5 Å². The van der Waals surface area contributed by atoms with Crippen molar-refractivity contribution in [3.8, 4) is 0 Å². The summed E-state index contributed by atoms with van der Waals surface area (Å²) in [4.78, 5) is 41.8. The largest absolute Gasteiger partial charge is 0.376 e. The maximum absolute atomic E-state index is 13.3. The van der Waals surface area contributed by atoms with Gasteiger partial charge in [0, 0.05) is 24.6 Å². The zero-order valence-corrected chi connectivity index (χ0v) is 17.8. The first-order valence-electron chi connectivity index (χ1n) is 10.2. The number of rotatable bonds is 7. The van der Waals surface area contributed by atoms with E-state index in [0.717, 1.165) is 24.3 Å². The summed E-state index contributed by atoms with van der Waals surface area (Å²) < 4.78 is 8.34. The first-order valence-corrected chi connectivity index (χ1v) is 11.1. The Kier molecular flexibility index (Phi) is 6.15. The molecule has 4 rings (SSSR count). The molecule has 1 aromatic carbocycles. The number of carbonyl (C=O) groups is 1. The zero-order chi connectivity index (χ0) is 21.1. The third-order valence-electron chi connectivity index (χ3n) is 5.47. The predicted molar refractivity (Wildman–Crippen MR) is 117 cm³/mol. The molecule has 7 nitrogen and oxygen atoms in total. The fourth-order valence-corrected chi connectivity index (χ4v) is 4.64. The molecule has 158 valence electrons. The van der Waals surface area contributed by atoms with Crippen LogP contribution in [0.5, 0.6) is 0 Å². The lowest BCUT2D eigenvalue weighted by Gasteiger charge is -2.26. The van der Waals surface area contributed by atoms with Gasteiger partial charge in [0.15, 0.2) is 0 Å². The van der Waals surface area contributed by atoms with Gasteiger partial charge in [-0.15, -0.1) is 11.3 Å². The maximum atomic E-state index is 13.3. The van der Waals surface area contributed by atoms with E-state index >= 15 is 0 Å². The van der Waals surface area contributed by atoms with Gasteiger partial charge in [-0.2, -0.15) is 0 Å². The molecule has 1 saturated heterocycles. The van der Waals surface area contributed by atoms with Crippen molar-refractivity contribution >= 4 is 28.1 Å². The van der Waals surface area contributed by atoms with Crippen LogP contribution < -0.4 is 11.2 Å². The van der Waals surface area contributed by atoms with Gasteiger partial charge in [0.05, 0.1) is 23.6 Å². The van der Waals surface area contributed by atoms with Crippen LogP contribution in [0.1, 0.15) is 24.6 Å². The summed E-state index contributed by atoms with van der Waals surface area (Å²) in [7, 11) is 0. The number of nitrogens with zero attached hydrogens (tertiary/aromatic N) is 3. The van der Waals surface area contributed by atoms with Crippen LogP contribution in [-0.2, 0) is 29.2 Å². The molecule has 1 amide bonds. The number of para-hydroxylation sites is 1. The highest BCUT2D eigenvalue weighted by molar-refractivity contribution is 7.09. The van der Waals surface area contributed by atoms with Crippen LogP contribution in [0.3, 0.4) is 0 Å². The van der Waals surface area contributed by atoms with Crippen LogP contribution >= 0.6 is 11.3 Å². The number of benzene rings is 1. The van der Waals surface area contributed by atoms with Crippen LogP contribution in [0.15, 0.2) is 51.4 Å². The molecule has 1 unspecified atom stereocenters. The van der Waals surface area contributed by atoms with Crippen LogP contribution in [0.25, 0.3) is 10.9 Å². The zero-order valence-electron chi connectivity index (χ0n) is 17.0. The molecule has 8 heteroatoms. The van der Waals surface area contributed by atoms with E-state index in [0.29, 0.717) is 24.0 Å². The molecule has 0 N–H and O–H groups in total. The summed E-state index contributed by atoms with van der Waals surface area (Å²) in [5.41, 5.74) is -0.293. The molecule has 1 fully saturated rings. The Balaban J connectivity index is 1.68. The Labute approximate surface area is 178 Å². The molecular formula is C22H25N3O4S. The fourth-order valence-electron chi connectivity index (χ4n) is 3.92. The van der Waals surface area contributed by atoms with E-state index in [2.05, 4.69) is 0 Å². The van der Waals surface area contributed by atoms with Gasteiger partial charge in [-0.3, -0.25) is 18.7 Å². The minimum atomic E-state index is -0.456. The number of hydrogen-bond acceptors (Lipinski definition) is 5. The molecule has 2 aromatic heterocycles. The lowest BCUT2D eigenvalue weighted by atomic mass is 10.2. The number of ether oxygens (including phenoxy) is 1. The van der Waals surface area contributed by atoms with Crippen molar-refractivity contribution in [3.05, 3.63) is 67.5 Å². The molecule has 30 heavy (non-hydrogen) atoms. The number of thiophene rings is 1. The second kappa shape index (κ2) is 8.97. The van der Waals surface area contributed by atoms with Gasteiger partial charge >= 0.3 is 5.69 Å². The first-order chi connectivity index (χ1) is 14.6. The Morgan fingerprint density at radius 3 is 2.73 bits per heavy atom. The molecule has 0 radical (unpaired) electrons. The monoisotopic (exact) mass is 427 g/mol. The summed E-state index contributed by atoms with van der Waals surface area (Å²) in [5, 5.41) is 2.43. The number of aromatic nitrogens is 2. The lowest BCUT2D eigenvalue weighted by molar-refractivity contribution is -0.134. The third kappa shape index (κ3) is 4.11. The highest BCUT2D eigenvalue weighted by Crippen LogP contribution is 2.18. The standard InChI is InChI=1S/C22H25N3O4S/c1-2-24-21(27)18-9-3-4-10-19(18)25(22(24)28)15-20(26)23(13-16-7-5-11-29-16)14-17-8-6-12-30-17/h3-4,6,8-10,12,16H,2,5,7,11,13-15H2,1H3. The summed E-state index contributed by atoms with van der Waals surface area (Å²) in [6.07, 6.45) is 1.95. The minimum Gasteiger partial charge on any atom is -0.376 e. The summed E-state index contributed by atoms with van der Waals surface area (Å²) >= 11 is 1.60. The van der Waals surface area contributed by atoms with Gasteiger partial charge in [0.1, 0.15) is 6.54 Å². The highest BCUT2D eigenvalue weighted by Gasteiger charge is 2.24. The van der Waals surface area contributed by atoms with Gasteiger partial charge in [-0.05, 0) is 43.3 Å². The highest BCUT2D eigenvalue weighted by atomic mass is 32.1. The van der Waals surface area contributed by atoms with E-state index in [1.54, 1.807) is 47.4 Å². The van der Waals surface area contributed by atoms with Crippen LogP contribution in [0, 0.1) is 0 Å². The average molecular weight is 428 g/mol. The molecule has 3 heterocycles. The van der Waals surface area contributed by atoms with E-state index < -0.39 is 5.69 Å². The van der Waals surface area contributed by atoms with E-state index in [9.17, 15) is 14.4 Å². The molecule has 3 aromatic rings. The first kappa shape index (κ1) is 20.6. The fraction of sp³-hybridized carbons (Fsp3) is 0.409. The molecule has 1 atom stereocenters. The van der Waals surface area contributed by atoms with Crippen molar-refractivity contribution in [1.29, 1.82) is 0 Å². The van der Waals surface area contributed by atoms with E-state index in [1.165, 1.54) is 9.13 Å². The number of amides is 1. The minimum absolute atomic E-state index is 0.0203. The quantitative estimate of drug-likeness (QED) is 0.581. The molecular weight excluding hydrogens is 402 g/mol. The van der Waals surface area contributed by atoms with Crippen molar-refractivity contribution in [2.75, 3.05) is 13.2 Å². The van der Waals surface area contributed by atoms with Gasteiger partial charge in [-0.25, -0.2) is 4.79 Å². The lowest BCUT2D eigenvalue weighted by Crippen LogP contribution is -2.44. The normalized spacial score (nSPS) is 16.2. The number of fused-ring (bicyclic) bond motifs is 1. The molecule has 0 aliphatic carbocycles. The Morgan fingerprint density at radius 1 is 1.20 bits per heavy atom. The van der Waals surface area contributed by atoms with Crippen LogP contribution in [-0.4, -0.2) is 39.2 Å². The smallest absolute Gasteiger partial charge is 0.331 e. The maximum Gasteiger partial charge on any atom is 0.331 e. The van der Waals surface area contributed by atoms with Crippen LogP contribution in [0.2, 0.25) is 0 Å². The van der Waals surface area contributed by atoms with Gasteiger partial charge in [0.25, 0.3) is 5.56 Å². The molecule has 0 bridgehead atoms. The summed E-state index contributed by atoms with van der Waals surface area (Å²) in [6.45, 7) is 3.60. The summed E-state index contributed by atoms with van der Waals surface area (Å²) in [5.74, 6) is -0.160. The molecule has 1 aliphatic rings. The molecule has 0 spiro atoms. The third-order valence-corrected chi connectivity index (χ3v) is 6.33. The average Bonchev–Trinajstić information content (AvgIpc) is 3.45. The van der Waals surface area contributed by atoms with Crippen molar-refractivity contribution in [1.82, 2.24) is 14.0 Å². The number of carbonyl (C=O) groups excluding carboxylic acids is 1. The van der Waals surface area contributed by atoms with Crippen molar-refractivity contribution < 1.29 is 9.53 Å². The van der Waals surface area contributed by atoms with Gasteiger partial charge < -0.3 is 9.64 Å². The summed E-state index contributed by atoms with van der Waals surface area (Å²) in [6, 6.07) is 10.9. The van der Waals surface area contributed by atoms with Crippen molar-refractivity contribution in [3.63, 3.8) is 0 Å². The topological polar surface area (TPSA) is 73.5 Å². The Morgan fingerprint density at radius 2 is 2.03 bits per heavy atom. The van der Waals surface area contributed by atoms with Gasteiger partial charge in [0.2, 0.25) is 5.91 Å². The SMILES string of the molecule is CCn1c(=O)c2ccccc2n(CC(=O)N(Cc2cccs2)CC2CCCO2)c1=O. The van der Waals surface area contributed by atoms with Gasteiger partial charge in [-0.1, -0.05) is 18.2 Å². The number of hydrogen-bond donors (Lipinski definition) is 0. The van der Waals surface area contributed by atoms with E-state index in [4.69, 9.17) is 4.74 Å². The van der Waals surface area contributed by atoms with Crippen molar-refractivity contribution in [2.24, 2.45) is 0 Å². The Bertz CT molecular complexity index is 1140. The Hall–Kier alpha value is -2.71. The van der Waals surface area contributed by atoms with Crippen molar-refractivity contribution in [2.45, 2.75) is 45.5 Å². The second-order valence-corrected chi connectivity index (χ2v) is 8.46. The van der Waals surface area contributed by atoms with Crippen LogP contribution in [0.4, 0.5) is 0 Å². The molecule has 1 aliphatic heterocycles.